The van der Waals surface area contributed by atoms with Crippen LogP contribution in [0.5, 0.6) is 5.75 Å². The van der Waals surface area contributed by atoms with Crippen molar-refractivity contribution in [2.24, 2.45) is 11.6 Å². The Morgan fingerprint density at radius 3 is 2.32 bits per heavy atom. The second-order valence-corrected chi connectivity index (χ2v) is 6.44. The topological polar surface area (TPSA) is 123 Å². The third kappa shape index (κ3) is 9.07. The smallest absolute Gasteiger partial charge is 0.207 e. The Morgan fingerprint density at radius 1 is 1.29 bits per heavy atom. The van der Waals surface area contributed by atoms with Gasteiger partial charge in [0.25, 0.3) is 0 Å². The molecule has 0 saturated heterocycles. The largest absolute Gasteiger partial charge is 0.497 e. The fraction of sp³-hybridized carbons (Fsp3) is 0.550. The van der Waals surface area contributed by atoms with Crippen LogP contribution in [-0.4, -0.2) is 50.0 Å². The summed E-state index contributed by atoms with van der Waals surface area (Å²) < 4.78 is 10.6. The molecule has 28 heavy (non-hydrogen) atoms. The van der Waals surface area contributed by atoms with E-state index in [0.717, 1.165) is 49.1 Å². The molecule has 0 fully saturated rings. The number of methoxy groups -OCH3 is 2. The van der Waals surface area contributed by atoms with E-state index in [4.69, 9.17) is 26.2 Å². The number of aliphatic hydroxyl groups is 1. The Balaban J connectivity index is 0.000000780. The summed E-state index contributed by atoms with van der Waals surface area (Å²) in [7, 11) is 4.35. The average molecular weight is 397 g/mol. The molecule has 1 amide bonds. The van der Waals surface area contributed by atoms with Gasteiger partial charge >= 0.3 is 0 Å². The molecule has 1 unspecified atom stereocenters. The van der Waals surface area contributed by atoms with E-state index in [2.05, 4.69) is 5.32 Å². The van der Waals surface area contributed by atoms with Crippen LogP contribution in [0.25, 0.3) is 0 Å². The van der Waals surface area contributed by atoms with Crippen LogP contribution in [0, 0.1) is 0 Å². The number of hydrogen-bond donors (Lipinski definition) is 4. The first kappa shape index (κ1) is 25.7. The third-order valence-electron chi connectivity index (χ3n) is 4.05. The van der Waals surface area contributed by atoms with Crippen molar-refractivity contribution in [2.45, 2.75) is 51.8 Å². The molecule has 1 aromatic carbocycles. The standard InChI is InChI=1S/C15H23N3O2.C4H9NO.CH4O/c1-19-12-8-6-11(7-9-12)10-18(17)15-13(16)4-3-5-14(15)20-2;1-4(2)5-3-6;1-2/h6-9,14H,3-5,10,16-17H2,1-2H3;3-4H,1-2H3,(H,5,6);2H,1H3. The van der Waals surface area contributed by atoms with E-state index in [1.165, 1.54) is 0 Å². The van der Waals surface area contributed by atoms with Gasteiger partial charge in [-0.3, -0.25) is 4.79 Å². The first-order valence-corrected chi connectivity index (χ1v) is 9.23. The second-order valence-electron chi connectivity index (χ2n) is 6.44. The molecule has 0 heterocycles. The Morgan fingerprint density at radius 2 is 1.89 bits per heavy atom. The van der Waals surface area contributed by atoms with Gasteiger partial charge in [0.15, 0.2) is 0 Å². The highest BCUT2D eigenvalue weighted by Crippen LogP contribution is 2.26. The van der Waals surface area contributed by atoms with E-state index in [-0.39, 0.29) is 12.1 Å². The van der Waals surface area contributed by atoms with E-state index in [1.807, 2.05) is 38.1 Å². The van der Waals surface area contributed by atoms with Gasteiger partial charge in [0.05, 0.1) is 25.5 Å². The van der Waals surface area contributed by atoms with Gasteiger partial charge in [0.2, 0.25) is 6.41 Å². The molecule has 1 aromatic rings. The Kier molecular flexibility index (Phi) is 13.5. The van der Waals surface area contributed by atoms with Crippen molar-refractivity contribution >= 4 is 6.41 Å². The highest BCUT2D eigenvalue weighted by molar-refractivity contribution is 5.46. The first-order chi connectivity index (χ1) is 13.4. The molecule has 0 spiro atoms. The number of nitrogens with zero attached hydrogens (tertiary/aromatic N) is 1. The second kappa shape index (κ2) is 14.7. The number of benzene rings is 1. The van der Waals surface area contributed by atoms with Crippen molar-refractivity contribution in [1.29, 1.82) is 0 Å². The molecule has 0 radical (unpaired) electrons. The monoisotopic (exact) mass is 396 g/mol. The Bertz CT molecular complexity index is 576. The van der Waals surface area contributed by atoms with Crippen molar-refractivity contribution in [3.05, 3.63) is 41.2 Å². The number of ether oxygens (including phenoxy) is 2. The van der Waals surface area contributed by atoms with Crippen molar-refractivity contribution in [1.82, 2.24) is 10.3 Å². The fourth-order valence-corrected chi connectivity index (χ4v) is 2.70. The minimum atomic E-state index is -0.00741. The number of aliphatic hydroxyl groups excluding tert-OH is 1. The van der Waals surface area contributed by atoms with E-state index in [1.54, 1.807) is 19.2 Å². The van der Waals surface area contributed by atoms with Gasteiger partial charge in [-0.2, -0.15) is 0 Å². The maximum atomic E-state index is 9.50. The summed E-state index contributed by atoms with van der Waals surface area (Å²) in [5.41, 5.74) is 8.95. The molecule has 6 N–H and O–H groups in total. The average Bonchev–Trinajstić information content (AvgIpc) is 2.70. The lowest BCUT2D eigenvalue weighted by Gasteiger charge is -2.32. The van der Waals surface area contributed by atoms with Crippen LogP contribution >= 0.6 is 0 Å². The maximum absolute atomic E-state index is 9.50. The van der Waals surface area contributed by atoms with Crippen LogP contribution in [0.15, 0.2) is 35.7 Å². The quantitative estimate of drug-likeness (QED) is 0.313. The number of nitrogens with one attached hydrogen (secondary N) is 1. The van der Waals surface area contributed by atoms with Crippen LogP contribution in [-0.2, 0) is 16.1 Å². The van der Waals surface area contributed by atoms with Crippen molar-refractivity contribution in [3.63, 3.8) is 0 Å². The molecule has 0 aromatic heterocycles. The minimum absolute atomic E-state index is 0.00741. The SMILES string of the molecule is CC(C)NC=O.CO.COc1ccc(CN(N)C2=C(N)CCCC2OC)cc1. The molecule has 160 valence electrons. The molecule has 8 nitrogen and oxygen atoms in total. The van der Waals surface area contributed by atoms with Gasteiger partial charge in [0.1, 0.15) is 5.75 Å². The zero-order valence-electron chi connectivity index (χ0n) is 17.6. The molecule has 1 aliphatic rings. The summed E-state index contributed by atoms with van der Waals surface area (Å²) in [4.78, 5) is 9.50. The summed E-state index contributed by atoms with van der Waals surface area (Å²) in [6.45, 7) is 4.42. The maximum Gasteiger partial charge on any atom is 0.207 e. The van der Waals surface area contributed by atoms with Crippen LogP contribution < -0.4 is 21.6 Å². The number of allylic oxidation sites excluding steroid dienone is 1. The van der Waals surface area contributed by atoms with Crippen LogP contribution in [0.4, 0.5) is 0 Å². The van der Waals surface area contributed by atoms with E-state index in [0.29, 0.717) is 13.0 Å². The predicted molar refractivity (Wildman–Crippen MR) is 111 cm³/mol. The van der Waals surface area contributed by atoms with Crippen molar-refractivity contribution < 1.29 is 19.4 Å². The van der Waals surface area contributed by atoms with Crippen LogP contribution in [0.1, 0.15) is 38.7 Å². The molecule has 1 atom stereocenters. The van der Waals surface area contributed by atoms with Crippen LogP contribution in [0.2, 0.25) is 0 Å². The minimum Gasteiger partial charge on any atom is -0.497 e. The zero-order valence-corrected chi connectivity index (χ0v) is 17.6. The number of amides is 1. The van der Waals surface area contributed by atoms with Gasteiger partial charge in [-0.15, -0.1) is 0 Å². The predicted octanol–water partition coefficient (Wildman–Crippen LogP) is 1.49. The number of carbonyl (C=O) groups is 1. The summed E-state index contributed by atoms with van der Waals surface area (Å²) in [5.74, 6) is 7.03. The van der Waals surface area contributed by atoms with Gasteiger partial charge in [-0.1, -0.05) is 12.1 Å². The number of nitrogens with two attached hydrogens (primary N) is 2. The van der Waals surface area contributed by atoms with E-state index in [9.17, 15) is 4.79 Å². The van der Waals surface area contributed by atoms with Gasteiger partial charge in [0, 0.05) is 26.0 Å². The van der Waals surface area contributed by atoms with E-state index >= 15 is 0 Å². The lowest BCUT2D eigenvalue weighted by molar-refractivity contribution is -0.109. The molecule has 0 bridgehead atoms. The summed E-state index contributed by atoms with van der Waals surface area (Å²) >= 11 is 0. The lowest BCUT2D eigenvalue weighted by atomic mass is 9.98. The molecular formula is C20H36N4O4. The zero-order chi connectivity index (χ0) is 21.5. The third-order valence-corrected chi connectivity index (χ3v) is 4.05. The van der Waals surface area contributed by atoms with Gasteiger partial charge < -0.3 is 30.6 Å². The first-order valence-electron chi connectivity index (χ1n) is 9.23. The summed E-state index contributed by atoms with van der Waals surface area (Å²) in [5, 5.41) is 11.2. The Hall–Kier alpha value is -2.29. The molecule has 0 aliphatic heterocycles. The fourth-order valence-electron chi connectivity index (χ4n) is 2.70. The molecule has 0 saturated carbocycles. The number of rotatable bonds is 7. The summed E-state index contributed by atoms with van der Waals surface area (Å²) in [6, 6.07) is 8.13. The normalized spacial score (nSPS) is 15.6. The highest BCUT2D eigenvalue weighted by Gasteiger charge is 2.25. The molecule has 1 aliphatic carbocycles. The van der Waals surface area contributed by atoms with E-state index < -0.39 is 0 Å². The lowest BCUT2D eigenvalue weighted by Crippen LogP contribution is -2.40. The Labute approximate surface area is 168 Å². The number of carbonyl (C=O) groups excluding carboxylic acids is 1. The molecular weight excluding hydrogens is 360 g/mol. The molecule has 2 rings (SSSR count). The van der Waals surface area contributed by atoms with Crippen LogP contribution in [0.3, 0.4) is 0 Å². The highest BCUT2D eigenvalue weighted by atomic mass is 16.5. The molecule has 8 heteroatoms. The summed E-state index contributed by atoms with van der Waals surface area (Å²) in [6.07, 6.45) is 3.58. The van der Waals surface area contributed by atoms with Gasteiger partial charge in [-0.05, 0) is 50.8 Å². The number of hydrazine groups is 1. The number of hydrogen-bond acceptors (Lipinski definition) is 7. The van der Waals surface area contributed by atoms with Gasteiger partial charge in [-0.25, -0.2) is 5.84 Å². The van der Waals surface area contributed by atoms with Crippen molar-refractivity contribution in [2.75, 3.05) is 21.3 Å². The van der Waals surface area contributed by atoms with Crippen molar-refractivity contribution in [3.8, 4) is 5.75 Å².